The van der Waals surface area contributed by atoms with Gasteiger partial charge in [0.1, 0.15) is 18.0 Å². The second-order valence-electron chi connectivity index (χ2n) is 8.43. The van der Waals surface area contributed by atoms with Crippen molar-refractivity contribution in [3.05, 3.63) is 91.8 Å². The van der Waals surface area contributed by atoms with Crippen molar-refractivity contribution in [3.8, 4) is 11.5 Å². The minimum Gasteiger partial charge on any atom is -0.490 e. The third-order valence-corrected chi connectivity index (χ3v) is 6.45. The van der Waals surface area contributed by atoms with E-state index in [9.17, 15) is 18.8 Å². The lowest BCUT2D eigenvalue weighted by Crippen LogP contribution is -2.54. The highest BCUT2D eigenvalue weighted by Gasteiger charge is 2.37. The molecule has 0 saturated carbocycles. The number of imide groups is 2. The molecule has 0 bridgehead atoms. The molecule has 37 heavy (non-hydrogen) atoms. The van der Waals surface area contributed by atoms with Gasteiger partial charge in [0.05, 0.1) is 15.9 Å². The van der Waals surface area contributed by atoms with Gasteiger partial charge < -0.3 is 9.47 Å². The zero-order chi connectivity index (χ0) is 26.7. The first-order valence-corrected chi connectivity index (χ1v) is 12.6. The summed E-state index contributed by atoms with van der Waals surface area (Å²) in [6, 6.07) is 14.0. The van der Waals surface area contributed by atoms with E-state index in [1.165, 1.54) is 18.2 Å². The second-order valence-corrected chi connectivity index (χ2v) is 9.59. The molecule has 1 N–H and O–H groups in total. The summed E-state index contributed by atoms with van der Waals surface area (Å²) in [7, 11) is 0. The zero-order valence-electron chi connectivity index (χ0n) is 20.4. The van der Waals surface area contributed by atoms with Crippen LogP contribution in [0.1, 0.15) is 29.2 Å². The second kappa shape index (κ2) is 11.1. The highest BCUT2D eigenvalue weighted by molar-refractivity contribution is 14.1. The fraction of sp³-hybridized carbons (Fsp3) is 0.179. The van der Waals surface area contributed by atoms with Crippen LogP contribution in [0.15, 0.2) is 60.2 Å². The number of anilines is 1. The Morgan fingerprint density at radius 2 is 1.73 bits per heavy atom. The van der Waals surface area contributed by atoms with Gasteiger partial charge in [-0.2, -0.15) is 0 Å². The van der Waals surface area contributed by atoms with Crippen LogP contribution in [0.4, 0.5) is 14.9 Å². The number of halogens is 2. The van der Waals surface area contributed by atoms with E-state index in [-0.39, 0.29) is 18.0 Å². The smallest absolute Gasteiger partial charge is 0.335 e. The molecule has 0 spiro atoms. The SMILES string of the molecule is CCOc1cc(/C=C2\C(=O)NC(=O)N(c3cc(C)ccc3C)C2=O)cc(I)c1OCc1ccc(F)cc1. The fourth-order valence-electron chi connectivity index (χ4n) is 3.81. The number of ether oxygens (including phenoxy) is 2. The number of carbonyl (C=O) groups is 3. The van der Waals surface area contributed by atoms with Crippen LogP contribution in [0, 0.1) is 23.2 Å². The van der Waals surface area contributed by atoms with Crippen molar-refractivity contribution in [2.24, 2.45) is 0 Å². The minimum absolute atomic E-state index is 0.182. The number of amides is 4. The summed E-state index contributed by atoms with van der Waals surface area (Å²) >= 11 is 2.08. The van der Waals surface area contributed by atoms with Crippen LogP contribution in [-0.4, -0.2) is 24.5 Å². The van der Waals surface area contributed by atoms with Crippen molar-refractivity contribution in [1.29, 1.82) is 0 Å². The Morgan fingerprint density at radius 1 is 1.00 bits per heavy atom. The monoisotopic (exact) mass is 614 g/mol. The average Bonchev–Trinajstić information content (AvgIpc) is 2.84. The Hall–Kier alpha value is -3.73. The quantitative estimate of drug-likeness (QED) is 0.210. The Kier molecular flexibility index (Phi) is 7.91. The van der Waals surface area contributed by atoms with Gasteiger partial charge in [-0.1, -0.05) is 24.3 Å². The predicted molar refractivity (Wildman–Crippen MR) is 146 cm³/mol. The molecule has 1 heterocycles. The molecule has 1 aliphatic rings. The van der Waals surface area contributed by atoms with Gasteiger partial charge >= 0.3 is 6.03 Å². The molecule has 4 amide bonds. The average molecular weight is 614 g/mol. The molecule has 0 atom stereocenters. The number of nitrogens with one attached hydrogen (secondary N) is 1. The first-order chi connectivity index (χ1) is 17.7. The Morgan fingerprint density at radius 3 is 2.43 bits per heavy atom. The van der Waals surface area contributed by atoms with E-state index in [2.05, 4.69) is 27.9 Å². The lowest BCUT2D eigenvalue weighted by molar-refractivity contribution is -0.122. The normalized spacial score (nSPS) is 14.7. The number of urea groups is 1. The van der Waals surface area contributed by atoms with Crippen LogP contribution in [0.3, 0.4) is 0 Å². The number of aryl methyl sites for hydroxylation is 2. The maximum absolute atomic E-state index is 13.4. The van der Waals surface area contributed by atoms with Gasteiger partial charge in [-0.3, -0.25) is 14.9 Å². The molecule has 1 aliphatic heterocycles. The van der Waals surface area contributed by atoms with Gasteiger partial charge in [0.25, 0.3) is 11.8 Å². The van der Waals surface area contributed by atoms with E-state index in [4.69, 9.17) is 9.47 Å². The molecule has 4 rings (SSSR count). The van der Waals surface area contributed by atoms with E-state index in [0.29, 0.717) is 32.9 Å². The van der Waals surface area contributed by atoms with Crippen LogP contribution in [0.2, 0.25) is 0 Å². The van der Waals surface area contributed by atoms with Gasteiger partial charge in [-0.15, -0.1) is 0 Å². The molecule has 0 aromatic heterocycles. The summed E-state index contributed by atoms with van der Waals surface area (Å²) < 4.78 is 25.6. The molecule has 3 aromatic carbocycles. The minimum atomic E-state index is -0.796. The predicted octanol–water partition coefficient (Wildman–Crippen LogP) is 5.69. The molecule has 7 nitrogen and oxygen atoms in total. The van der Waals surface area contributed by atoms with Crippen molar-refractivity contribution in [3.63, 3.8) is 0 Å². The van der Waals surface area contributed by atoms with Crippen molar-refractivity contribution in [1.82, 2.24) is 5.32 Å². The largest absolute Gasteiger partial charge is 0.490 e. The summed E-state index contributed by atoms with van der Waals surface area (Å²) in [4.78, 5) is 39.6. The summed E-state index contributed by atoms with van der Waals surface area (Å²) in [5.41, 5.74) is 3.13. The highest BCUT2D eigenvalue weighted by Crippen LogP contribution is 2.36. The molecule has 0 aliphatic carbocycles. The maximum Gasteiger partial charge on any atom is 0.335 e. The molecular weight excluding hydrogens is 590 g/mol. The van der Waals surface area contributed by atoms with Gasteiger partial charge in [-0.05, 0) is 102 Å². The molecule has 0 unspecified atom stereocenters. The van der Waals surface area contributed by atoms with Crippen LogP contribution >= 0.6 is 22.6 Å². The topological polar surface area (TPSA) is 84.9 Å². The van der Waals surface area contributed by atoms with E-state index in [1.807, 2.05) is 26.0 Å². The highest BCUT2D eigenvalue weighted by atomic mass is 127. The first-order valence-electron chi connectivity index (χ1n) is 11.5. The number of carbonyl (C=O) groups excluding carboxylic acids is 3. The number of barbiturate groups is 1. The van der Waals surface area contributed by atoms with Gasteiger partial charge in [0, 0.05) is 0 Å². The summed E-state index contributed by atoms with van der Waals surface area (Å²) in [5, 5.41) is 2.26. The van der Waals surface area contributed by atoms with Crippen molar-refractivity contribution >= 4 is 52.2 Å². The maximum atomic E-state index is 13.4. The van der Waals surface area contributed by atoms with Crippen LogP contribution < -0.4 is 19.7 Å². The molecule has 1 fully saturated rings. The van der Waals surface area contributed by atoms with Crippen molar-refractivity contribution < 1.29 is 28.2 Å². The zero-order valence-corrected chi connectivity index (χ0v) is 22.6. The summed E-state index contributed by atoms with van der Waals surface area (Å²) in [6.07, 6.45) is 1.43. The van der Waals surface area contributed by atoms with Crippen LogP contribution in [-0.2, 0) is 16.2 Å². The molecule has 9 heteroatoms. The Balaban J connectivity index is 1.67. The van der Waals surface area contributed by atoms with Crippen LogP contribution in [0.5, 0.6) is 11.5 Å². The lowest BCUT2D eigenvalue weighted by Gasteiger charge is -2.28. The molecule has 1 saturated heterocycles. The molecule has 190 valence electrons. The number of hydrogen-bond donors (Lipinski definition) is 1. The Bertz CT molecular complexity index is 1420. The molecular formula is C28H24FIN2O5. The summed E-state index contributed by atoms with van der Waals surface area (Å²) in [6.45, 7) is 6.03. The Labute approximate surface area is 227 Å². The third-order valence-electron chi connectivity index (χ3n) is 5.65. The number of nitrogens with zero attached hydrogens (tertiary/aromatic N) is 1. The van der Waals surface area contributed by atoms with E-state index >= 15 is 0 Å². The van der Waals surface area contributed by atoms with E-state index in [0.717, 1.165) is 21.6 Å². The van der Waals surface area contributed by atoms with E-state index in [1.54, 1.807) is 37.3 Å². The lowest BCUT2D eigenvalue weighted by atomic mass is 10.0. The summed E-state index contributed by atoms with van der Waals surface area (Å²) in [5.74, 6) is -0.909. The third kappa shape index (κ3) is 5.82. The first kappa shape index (κ1) is 26.3. The van der Waals surface area contributed by atoms with E-state index < -0.39 is 17.8 Å². The van der Waals surface area contributed by atoms with Gasteiger partial charge in [-0.25, -0.2) is 14.1 Å². The van der Waals surface area contributed by atoms with Gasteiger partial charge in [0.15, 0.2) is 11.5 Å². The molecule has 3 aromatic rings. The van der Waals surface area contributed by atoms with Gasteiger partial charge in [0.2, 0.25) is 0 Å². The van der Waals surface area contributed by atoms with Crippen molar-refractivity contribution in [2.45, 2.75) is 27.4 Å². The number of hydrogen-bond acceptors (Lipinski definition) is 5. The fourth-order valence-corrected chi connectivity index (χ4v) is 4.59. The van der Waals surface area contributed by atoms with Crippen LogP contribution in [0.25, 0.3) is 6.08 Å². The standard InChI is InChI=1S/C28H24FIN2O5/c1-4-36-24-14-19(13-22(30)25(24)37-15-18-7-9-20(29)10-8-18)12-21-26(33)31-28(35)32(27(21)34)23-11-16(2)5-6-17(23)3/h5-14H,4,15H2,1-3H3,(H,31,33,35)/b21-12+. The van der Waals surface area contributed by atoms with Crippen molar-refractivity contribution in [2.75, 3.05) is 11.5 Å². The molecule has 0 radical (unpaired) electrons. The number of benzene rings is 3. The number of rotatable bonds is 7.